The van der Waals surface area contributed by atoms with Crippen LogP contribution in [0.25, 0.3) is 0 Å². The first-order valence-electron chi connectivity index (χ1n) is 5.39. The molecule has 1 unspecified atom stereocenters. The molecule has 0 aliphatic carbocycles. The smallest absolute Gasteiger partial charge is 0.181 e. The summed E-state index contributed by atoms with van der Waals surface area (Å²) < 4.78 is 10.1. The lowest BCUT2D eigenvalue weighted by atomic mass is 10.3. The Labute approximate surface area is 101 Å². The summed E-state index contributed by atoms with van der Waals surface area (Å²) in [5.74, 6) is 0.608. The van der Waals surface area contributed by atoms with Gasteiger partial charge in [-0.3, -0.25) is 4.99 Å². The number of allylic oxidation sites excluding steroid dienone is 2. The van der Waals surface area contributed by atoms with Gasteiger partial charge in [-0.15, -0.1) is 0 Å². The molecule has 0 aromatic rings. The van der Waals surface area contributed by atoms with Crippen LogP contribution in [0, 0.1) is 0 Å². The van der Waals surface area contributed by atoms with Gasteiger partial charge in [0.1, 0.15) is 11.9 Å². The number of amidine groups is 1. The van der Waals surface area contributed by atoms with Crippen LogP contribution in [0.1, 0.15) is 6.92 Å². The van der Waals surface area contributed by atoms with E-state index in [2.05, 4.69) is 15.3 Å². The van der Waals surface area contributed by atoms with Crippen molar-refractivity contribution in [2.24, 2.45) is 9.98 Å². The summed E-state index contributed by atoms with van der Waals surface area (Å²) in [4.78, 5) is 8.49. The Morgan fingerprint density at radius 2 is 2.24 bits per heavy atom. The van der Waals surface area contributed by atoms with Gasteiger partial charge < -0.3 is 19.9 Å². The first kappa shape index (κ1) is 13.8. The molecule has 0 radical (unpaired) electrons. The highest BCUT2D eigenvalue weighted by molar-refractivity contribution is 5.95. The number of hydrogen-bond donors (Lipinski definition) is 2. The topological polar surface area (TPSA) is 75.4 Å². The third kappa shape index (κ3) is 4.26. The molecule has 0 aromatic heterocycles. The van der Waals surface area contributed by atoms with Crippen molar-refractivity contribution in [1.29, 1.82) is 0 Å². The summed E-state index contributed by atoms with van der Waals surface area (Å²) in [6.07, 6.45) is 2.97. The van der Waals surface area contributed by atoms with Gasteiger partial charge in [0.15, 0.2) is 6.29 Å². The molecule has 0 aromatic carbocycles. The first-order valence-corrected chi connectivity index (χ1v) is 5.39. The van der Waals surface area contributed by atoms with Gasteiger partial charge in [0.2, 0.25) is 0 Å². The number of aliphatic hydroxyl groups is 1. The predicted molar refractivity (Wildman–Crippen MR) is 66.4 cm³/mol. The van der Waals surface area contributed by atoms with Crippen LogP contribution in [0.2, 0.25) is 0 Å². The molecule has 96 valence electrons. The van der Waals surface area contributed by atoms with E-state index in [4.69, 9.17) is 9.47 Å². The maximum Gasteiger partial charge on any atom is 0.181 e. The van der Waals surface area contributed by atoms with E-state index in [0.29, 0.717) is 12.4 Å². The SMILES string of the molecule is COC(OC)C(CO)N=C1CNC(C)=CC=N1. The van der Waals surface area contributed by atoms with Crippen LogP contribution in [-0.2, 0) is 9.47 Å². The van der Waals surface area contributed by atoms with E-state index < -0.39 is 12.3 Å². The van der Waals surface area contributed by atoms with E-state index in [1.807, 2.05) is 13.0 Å². The summed E-state index contributed by atoms with van der Waals surface area (Å²) in [6, 6.07) is -0.475. The Bertz CT molecular complexity index is 322. The normalized spacial score (nSPS) is 20.1. The Morgan fingerprint density at radius 1 is 1.53 bits per heavy atom. The van der Waals surface area contributed by atoms with Gasteiger partial charge in [-0.05, 0) is 13.0 Å². The number of hydrogen-bond acceptors (Lipinski definition) is 5. The fourth-order valence-corrected chi connectivity index (χ4v) is 1.43. The zero-order valence-corrected chi connectivity index (χ0v) is 10.4. The van der Waals surface area contributed by atoms with Gasteiger partial charge in [0.25, 0.3) is 0 Å². The van der Waals surface area contributed by atoms with E-state index in [9.17, 15) is 5.11 Å². The van der Waals surface area contributed by atoms with Gasteiger partial charge in [-0.25, -0.2) is 4.99 Å². The van der Waals surface area contributed by atoms with Gasteiger partial charge in [0, 0.05) is 26.1 Å². The van der Waals surface area contributed by atoms with Crippen molar-refractivity contribution in [2.45, 2.75) is 19.3 Å². The first-order chi connectivity index (χ1) is 8.21. The number of nitrogens with one attached hydrogen (secondary N) is 1. The Morgan fingerprint density at radius 3 is 2.82 bits per heavy atom. The molecule has 0 saturated heterocycles. The third-order valence-electron chi connectivity index (χ3n) is 2.35. The summed E-state index contributed by atoms with van der Waals surface area (Å²) in [5.41, 5.74) is 1.02. The van der Waals surface area contributed by atoms with Crippen LogP contribution in [0.4, 0.5) is 0 Å². The second-order valence-corrected chi connectivity index (χ2v) is 3.62. The Kier molecular flexibility index (Phi) is 5.82. The molecular formula is C11H19N3O3. The molecule has 1 atom stereocenters. The van der Waals surface area contributed by atoms with Crippen molar-refractivity contribution >= 4 is 12.1 Å². The molecule has 0 spiro atoms. The van der Waals surface area contributed by atoms with Crippen molar-refractivity contribution in [3.63, 3.8) is 0 Å². The molecule has 1 aliphatic rings. The summed E-state index contributed by atoms with van der Waals surface area (Å²) in [6.45, 7) is 2.32. The van der Waals surface area contributed by atoms with Gasteiger partial charge in [0.05, 0.1) is 13.2 Å². The van der Waals surface area contributed by atoms with E-state index in [1.165, 1.54) is 14.2 Å². The monoisotopic (exact) mass is 241 g/mol. The Hall–Kier alpha value is -1.24. The van der Waals surface area contributed by atoms with Crippen LogP contribution in [-0.4, -0.2) is 56.9 Å². The lowest BCUT2D eigenvalue weighted by Crippen LogP contribution is -2.33. The lowest BCUT2D eigenvalue weighted by Gasteiger charge is -2.20. The van der Waals surface area contributed by atoms with Crippen molar-refractivity contribution in [3.8, 4) is 0 Å². The average Bonchev–Trinajstić information content (AvgIpc) is 2.54. The minimum absolute atomic E-state index is 0.155. The van der Waals surface area contributed by atoms with Crippen molar-refractivity contribution in [2.75, 3.05) is 27.4 Å². The Balaban J connectivity index is 2.72. The van der Waals surface area contributed by atoms with Crippen LogP contribution in [0.5, 0.6) is 0 Å². The van der Waals surface area contributed by atoms with E-state index in [1.54, 1.807) is 6.21 Å². The standard InChI is InChI=1S/C11H19N3O3/c1-8-4-5-12-10(6-13-8)14-9(7-15)11(16-2)17-3/h4-5,9,11,13,15H,6-7H2,1-3H3. The molecule has 6 heteroatoms. The van der Waals surface area contributed by atoms with Crippen LogP contribution >= 0.6 is 0 Å². The number of nitrogens with zero attached hydrogens (tertiary/aromatic N) is 2. The molecule has 1 heterocycles. The molecule has 0 saturated carbocycles. The molecule has 2 N–H and O–H groups in total. The molecule has 6 nitrogen and oxygen atoms in total. The number of ether oxygens (including phenoxy) is 2. The van der Waals surface area contributed by atoms with Crippen molar-refractivity contribution in [3.05, 3.63) is 11.8 Å². The highest BCUT2D eigenvalue weighted by atomic mass is 16.7. The van der Waals surface area contributed by atoms with Crippen LogP contribution < -0.4 is 5.32 Å². The highest BCUT2D eigenvalue weighted by Crippen LogP contribution is 2.05. The summed E-state index contributed by atoms with van der Waals surface area (Å²) in [7, 11) is 3.02. The van der Waals surface area contributed by atoms with Gasteiger partial charge in [-0.1, -0.05) is 0 Å². The molecule has 0 amide bonds. The lowest BCUT2D eigenvalue weighted by molar-refractivity contribution is -0.122. The molecular weight excluding hydrogens is 222 g/mol. The fraction of sp³-hybridized carbons (Fsp3) is 0.636. The number of rotatable bonds is 5. The molecule has 0 fully saturated rings. The average molecular weight is 241 g/mol. The largest absolute Gasteiger partial charge is 0.394 e. The number of aliphatic hydroxyl groups excluding tert-OH is 1. The van der Waals surface area contributed by atoms with Crippen LogP contribution in [0.15, 0.2) is 21.8 Å². The molecule has 17 heavy (non-hydrogen) atoms. The van der Waals surface area contributed by atoms with Gasteiger partial charge >= 0.3 is 0 Å². The quantitative estimate of drug-likeness (QED) is 0.661. The van der Waals surface area contributed by atoms with Crippen molar-refractivity contribution in [1.82, 2.24) is 5.32 Å². The maximum absolute atomic E-state index is 9.26. The molecule has 1 rings (SSSR count). The fourth-order valence-electron chi connectivity index (χ4n) is 1.43. The minimum Gasteiger partial charge on any atom is -0.394 e. The predicted octanol–water partition coefficient (Wildman–Crippen LogP) is -0.0575. The molecule has 1 aliphatic heterocycles. The summed E-state index contributed by atoms with van der Waals surface area (Å²) >= 11 is 0. The third-order valence-corrected chi connectivity index (χ3v) is 2.35. The van der Waals surface area contributed by atoms with Gasteiger partial charge in [-0.2, -0.15) is 0 Å². The minimum atomic E-state index is -0.569. The summed E-state index contributed by atoms with van der Waals surface area (Å²) in [5, 5.41) is 12.4. The number of aliphatic imine (C=N–C) groups is 2. The second-order valence-electron chi connectivity index (χ2n) is 3.62. The zero-order chi connectivity index (χ0) is 12.7. The number of methoxy groups -OCH3 is 2. The second kappa shape index (κ2) is 7.16. The van der Waals surface area contributed by atoms with Crippen molar-refractivity contribution < 1.29 is 14.6 Å². The maximum atomic E-state index is 9.26. The van der Waals surface area contributed by atoms with E-state index in [0.717, 1.165) is 5.70 Å². The van der Waals surface area contributed by atoms with E-state index in [-0.39, 0.29) is 6.61 Å². The van der Waals surface area contributed by atoms with Crippen LogP contribution in [0.3, 0.4) is 0 Å². The highest BCUT2D eigenvalue weighted by Gasteiger charge is 2.20. The zero-order valence-electron chi connectivity index (χ0n) is 10.4. The van der Waals surface area contributed by atoms with E-state index >= 15 is 0 Å². The molecule has 0 bridgehead atoms.